The molecule has 4 aromatic carbocycles. The highest BCUT2D eigenvalue weighted by atomic mass is 32.2. The van der Waals surface area contributed by atoms with Gasteiger partial charge in [-0.2, -0.15) is 0 Å². The molecule has 4 bridgehead atoms. The summed E-state index contributed by atoms with van der Waals surface area (Å²) >= 11 is 16.8. The number of carbonyl (C=O) groups is 4. The molecule has 2 spiro atoms. The summed E-state index contributed by atoms with van der Waals surface area (Å²) < 4.78 is 33.4. The molecular formula is C45H38N6O6S7. The minimum absolute atomic E-state index is 0.00522. The van der Waals surface area contributed by atoms with E-state index in [2.05, 4.69) is 4.90 Å². The number of hydrogen-bond acceptors (Lipinski definition) is 13. The van der Waals surface area contributed by atoms with Gasteiger partial charge in [0.15, 0.2) is 19.5 Å². The topological polar surface area (TPSA) is 122 Å². The minimum Gasteiger partial charge on any atom is -0.320 e. The van der Waals surface area contributed by atoms with Crippen molar-refractivity contribution in [1.29, 1.82) is 0 Å². The molecule has 14 rings (SSSR count). The standard InChI is InChI=1S/C45H38N6O6S7/c1-40-34(52)49-32-42(24-44(49,36(54)46(40)3)62-38(58)60-40,28-19-11-13-21-30(28)48(32)26-15-7-5-8-16-26)23-43-25-45-37(55)47(4)41(2,61-39(59)63-45)35(53)50(45)33(43)51(31-22-14-12-20-29(31)43)64(56,57)27-17-9-6-10-18-27/h5-22,32-33H,23-25H2,1-4H3. The van der Waals surface area contributed by atoms with Crippen LogP contribution in [0, 0.1) is 0 Å². The molecule has 0 radical (unpaired) electrons. The van der Waals surface area contributed by atoms with Gasteiger partial charge < -0.3 is 14.7 Å². The molecule has 0 aromatic heterocycles. The zero-order valence-corrected chi connectivity index (χ0v) is 40.4. The maximum absolute atomic E-state index is 15.7. The summed E-state index contributed by atoms with van der Waals surface area (Å²) in [6.45, 7) is 3.43. The Morgan fingerprint density at radius 2 is 1.02 bits per heavy atom. The molecule has 64 heavy (non-hydrogen) atoms. The number of carbonyl (C=O) groups excluding carboxylic acids is 4. The fourth-order valence-corrected chi connectivity index (χ4v) is 21.6. The molecule has 4 amide bonds. The van der Waals surface area contributed by atoms with Crippen molar-refractivity contribution in [3.05, 3.63) is 120 Å². The number of rotatable bonds is 5. The number of anilines is 3. The Labute approximate surface area is 397 Å². The molecule has 4 aromatic rings. The van der Waals surface area contributed by atoms with Crippen molar-refractivity contribution in [2.45, 2.75) is 80.7 Å². The lowest BCUT2D eigenvalue weighted by Gasteiger charge is -2.51. The first-order chi connectivity index (χ1) is 30.4. The summed E-state index contributed by atoms with van der Waals surface area (Å²) in [5.41, 5.74) is 1.05. The average molecular weight is 983 g/mol. The van der Waals surface area contributed by atoms with Gasteiger partial charge in [0.1, 0.15) is 19.4 Å². The van der Waals surface area contributed by atoms with Crippen LogP contribution in [0.15, 0.2) is 114 Å². The van der Waals surface area contributed by atoms with Crippen LogP contribution >= 0.6 is 71.5 Å². The number of benzene rings is 4. The van der Waals surface area contributed by atoms with E-state index in [1.54, 1.807) is 80.2 Å². The highest BCUT2D eigenvalue weighted by Crippen LogP contribution is 2.74. The second-order valence-corrected chi connectivity index (χ2v) is 27.5. The molecule has 0 aliphatic carbocycles. The third-order valence-electron chi connectivity index (χ3n) is 15.0. The van der Waals surface area contributed by atoms with Crippen LogP contribution < -0.4 is 9.21 Å². The van der Waals surface area contributed by atoms with Crippen molar-refractivity contribution in [1.82, 2.24) is 19.6 Å². The van der Waals surface area contributed by atoms with Crippen LogP contribution in [0.3, 0.4) is 0 Å². The molecule has 8 atom stereocenters. The van der Waals surface area contributed by atoms with Crippen LogP contribution in [-0.2, 0) is 40.0 Å². The molecular weight excluding hydrogens is 945 g/mol. The summed E-state index contributed by atoms with van der Waals surface area (Å²) in [7, 11) is -1.17. The van der Waals surface area contributed by atoms with Gasteiger partial charge in [-0.25, -0.2) is 12.7 Å². The van der Waals surface area contributed by atoms with Gasteiger partial charge in [-0.1, -0.05) is 144 Å². The molecule has 10 heterocycles. The fraction of sp³-hybridized carbons (Fsp3) is 0.333. The number of likely N-dealkylation sites (N-methyl/N-ethyl adjacent to an activating group) is 2. The normalized spacial score (nSPS) is 35.7. The molecule has 19 heteroatoms. The molecule has 8 unspecified atom stereocenters. The third-order valence-corrected chi connectivity index (χ3v) is 22.9. The zero-order chi connectivity index (χ0) is 44.7. The van der Waals surface area contributed by atoms with Crippen molar-refractivity contribution in [2.75, 3.05) is 23.3 Å². The Morgan fingerprint density at radius 1 is 0.578 bits per heavy atom. The number of piperazine rings is 2. The second-order valence-electron chi connectivity index (χ2n) is 18.0. The molecule has 8 saturated heterocycles. The van der Waals surface area contributed by atoms with Crippen molar-refractivity contribution in [3.63, 3.8) is 0 Å². The molecule has 0 N–H and O–H groups in total. The Morgan fingerprint density at radius 3 is 1.56 bits per heavy atom. The minimum atomic E-state index is -4.46. The Hall–Kier alpha value is -4.11. The summed E-state index contributed by atoms with van der Waals surface area (Å²) in [5, 5.41) is 0. The highest BCUT2D eigenvalue weighted by molar-refractivity contribution is 8.49. The monoisotopic (exact) mass is 982 g/mol. The van der Waals surface area contributed by atoms with E-state index in [0.29, 0.717) is 18.3 Å². The zero-order valence-electron chi connectivity index (χ0n) is 34.7. The number of fused-ring (bicyclic) bond motifs is 12. The maximum atomic E-state index is 15.7. The summed E-state index contributed by atoms with van der Waals surface area (Å²) in [4.78, 5) is 64.7. The van der Waals surface area contributed by atoms with E-state index in [-0.39, 0.29) is 41.9 Å². The summed E-state index contributed by atoms with van der Waals surface area (Å²) in [6.07, 6.45) is -1.89. The molecule has 10 aliphatic heterocycles. The van der Waals surface area contributed by atoms with E-state index in [0.717, 1.165) is 40.5 Å². The second kappa shape index (κ2) is 13.1. The average Bonchev–Trinajstić information content (AvgIpc) is 3.85. The van der Waals surface area contributed by atoms with Gasteiger partial charge in [0.2, 0.25) is 0 Å². The third kappa shape index (κ3) is 4.69. The van der Waals surface area contributed by atoms with Crippen LogP contribution in [0.5, 0.6) is 0 Å². The first-order valence-electron chi connectivity index (χ1n) is 20.6. The molecule has 326 valence electrons. The van der Waals surface area contributed by atoms with Gasteiger partial charge >= 0.3 is 0 Å². The van der Waals surface area contributed by atoms with Gasteiger partial charge in [-0.3, -0.25) is 29.0 Å². The van der Waals surface area contributed by atoms with E-state index in [1.165, 1.54) is 37.6 Å². The van der Waals surface area contributed by atoms with E-state index < -0.39 is 58.6 Å². The van der Waals surface area contributed by atoms with Crippen LogP contribution in [0.25, 0.3) is 0 Å². The number of sulfonamides is 1. The molecule has 8 fully saturated rings. The first-order valence-corrected chi connectivity index (χ1v) is 26.2. The predicted molar refractivity (Wildman–Crippen MR) is 259 cm³/mol. The maximum Gasteiger partial charge on any atom is 0.266 e. The Bertz CT molecular complexity index is 2990. The van der Waals surface area contributed by atoms with Crippen molar-refractivity contribution >= 4 is 129 Å². The first kappa shape index (κ1) is 41.3. The van der Waals surface area contributed by atoms with Crippen molar-refractivity contribution in [2.24, 2.45) is 0 Å². The lowest BCUT2D eigenvalue weighted by molar-refractivity contribution is -0.163. The number of hydrogen-bond donors (Lipinski definition) is 0. The smallest absolute Gasteiger partial charge is 0.266 e. The van der Waals surface area contributed by atoms with E-state index in [9.17, 15) is 0 Å². The van der Waals surface area contributed by atoms with Crippen LogP contribution in [0.2, 0.25) is 0 Å². The van der Waals surface area contributed by atoms with Crippen LogP contribution in [0.4, 0.5) is 17.1 Å². The molecule has 10 aliphatic rings. The summed E-state index contributed by atoms with van der Waals surface area (Å²) in [6, 6.07) is 33.3. The lowest BCUT2D eigenvalue weighted by atomic mass is 9.62. The fourth-order valence-electron chi connectivity index (χ4n) is 12.3. The number of nitrogens with zero attached hydrogens (tertiary/aromatic N) is 6. The lowest BCUT2D eigenvalue weighted by Crippen LogP contribution is -2.72. The Balaban J connectivity index is 1.18. The van der Waals surface area contributed by atoms with E-state index in [4.69, 9.17) is 24.4 Å². The largest absolute Gasteiger partial charge is 0.320 e. The van der Waals surface area contributed by atoms with E-state index in [1.807, 2.05) is 66.7 Å². The number of thiocarbonyl (C=S) groups is 2. The number of amides is 4. The Kier molecular flexibility index (Phi) is 8.44. The van der Waals surface area contributed by atoms with Gasteiger partial charge in [0, 0.05) is 49.1 Å². The number of para-hydroxylation sites is 3. The van der Waals surface area contributed by atoms with Crippen molar-refractivity contribution in [3.8, 4) is 0 Å². The van der Waals surface area contributed by atoms with Gasteiger partial charge in [0.25, 0.3) is 33.7 Å². The van der Waals surface area contributed by atoms with Crippen LogP contribution in [-0.4, -0.2) is 105 Å². The molecule has 0 saturated carbocycles. The number of thioether (sulfide) groups is 4. The quantitative estimate of drug-likeness (QED) is 0.191. The van der Waals surface area contributed by atoms with E-state index >= 15 is 27.6 Å². The van der Waals surface area contributed by atoms with Crippen LogP contribution in [0.1, 0.15) is 44.2 Å². The molecule has 12 nitrogen and oxygen atoms in total. The van der Waals surface area contributed by atoms with Crippen molar-refractivity contribution < 1.29 is 27.6 Å². The van der Waals surface area contributed by atoms with Gasteiger partial charge in [-0.05, 0) is 67.8 Å². The SMILES string of the molecule is CN1C(=O)C23CC4(CC56CC78SC(=S)SC(C)(C(=O)N7C5N(S(=O)(=O)c5ccccc5)c5ccccc56)N(C)C8=O)c5ccccc5N(c5ccccc5)C4N2C(=O)C1(C)SC(=S)S3. The predicted octanol–water partition coefficient (Wildman–Crippen LogP) is 7.03. The van der Waals surface area contributed by atoms with Gasteiger partial charge in [0.05, 0.1) is 10.6 Å². The van der Waals surface area contributed by atoms with Gasteiger partial charge in [-0.15, -0.1) is 0 Å². The summed E-state index contributed by atoms with van der Waals surface area (Å²) in [5.74, 6) is -1.30. The highest BCUT2D eigenvalue weighted by Gasteiger charge is 2.82.